The molecule has 1 N–H and O–H groups in total. The zero-order valence-corrected chi connectivity index (χ0v) is 9.12. The summed E-state index contributed by atoms with van der Waals surface area (Å²) in [6, 6.07) is 0.582. The highest BCUT2D eigenvalue weighted by Crippen LogP contribution is 2.06. The van der Waals surface area contributed by atoms with Crippen LogP contribution in [0.1, 0.15) is 12.8 Å². The van der Waals surface area contributed by atoms with Gasteiger partial charge in [0, 0.05) is 40.0 Å². The van der Waals surface area contributed by atoms with Crippen LogP contribution >= 0.6 is 0 Å². The van der Waals surface area contributed by atoms with Crippen molar-refractivity contribution in [1.29, 1.82) is 0 Å². The van der Waals surface area contributed by atoms with Crippen LogP contribution in [0.4, 0.5) is 0 Å². The van der Waals surface area contributed by atoms with Crippen molar-refractivity contribution in [3.8, 4) is 0 Å². The van der Waals surface area contributed by atoms with Crippen LogP contribution in [0.15, 0.2) is 0 Å². The van der Waals surface area contributed by atoms with Crippen molar-refractivity contribution in [1.82, 2.24) is 5.32 Å². The summed E-state index contributed by atoms with van der Waals surface area (Å²) in [5, 5.41) is 3.47. The highest BCUT2D eigenvalue weighted by atomic mass is 16.5. The van der Waals surface area contributed by atoms with Gasteiger partial charge >= 0.3 is 0 Å². The zero-order chi connectivity index (χ0) is 10.2. The number of ether oxygens (including phenoxy) is 3. The Morgan fingerprint density at radius 2 is 2.07 bits per heavy atom. The molecular weight excluding hydrogens is 182 g/mol. The summed E-state index contributed by atoms with van der Waals surface area (Å²) in [6.07, 6.45) is 2.36. The third kappa shape index (κ3) is 4.37. The Labute approximate surface area is 85.9 Å². The maximum absolute atomic E-state index is 5.28. The molecule has 4 heteroatoms. The van der Waals surface area contributed by atoms with Crippen LogP contribution in [0.25, 0.3) is 0 Å². The molecule has 0 aromatic heterocycles. The minimum Gasteiger partial charge on any atom is -0.382 e. The molecule has 0 aromatic carbocycles. The van der Waals surface area contributed by atoms with E-state index < -0.39 is 0 Å². The van der Waals surface area contributed by atoms with Crippen LogP contribution in [-0.4, -0.2) is 52.7 Å². The van der Waals surface area contributed by atoms with Gasteiger partial charge in [-0.3, -0.25) is 0 Å². The molecule has 1 unspecified atom stereocenters. The smallest absolute Gasteiger partial charge is 0.0928 e. The normalized spacial score (nSPS) is 21.0. The molecule has 1 heterocycles. The summed E-state index contributed by atoms with van der Waals surface area (Å²) in [7, 11) is 3.41. The summed E-state index contributed by atoms with van der Waals surface area (Å²) in [6.45, 7) is 3.25. The third-order valence-electron chi connectivity index (χ3n) is 2.54. The predicted octanol–water partition coefficient (Wildman–Crippen LogP) is 0.416. The molecule has 0 saturated carbocycles. The van der Waals surface area contributed by atoms with Gasteiger partial charge in [-0.2, -0.15) is 0 Å². The van der Waals surface area contributed by atoms with E-state index in [1.165, 1.54) is 0 Å². The van der Waals surface area contributed by atoms with Gasteiger partial charge in [0.05, 0.1) is 12.7 Å². The lowest BCUT2D eigenvalue weighted by molar-refractivity contribution is 0.0216. The van der Waals surface area contributed by atoms with Crippen LogP contribution in [0.3, 0.4) is 0 Å². The lowest BCUT2D eigenvalue weighted by Gasteiger charge is -2.25. The van der Waals surface area contributed by atoms with Crippen LogP contribution < -0.4 is 5.32 Å². The third-order valence-corrected chi connectivity index (χ3v) is 2.54. The van der Waals surface area contributed by atoms with Gasteiger partial charge in [0.2, 0.25) is 0 Å². The first kappa shape index (κ1) is 11.9. The first-order valence-corrected chi connectivity index (χ1v) is 5.19. The van der Waals surface area contributed by atoms with E-state index in [1.807, 2.05) is 0 Å². The van der Waals surface area contributed by atoms with Crippen molar-refractivity contribution >= 4 is 0 Å². The Balaban J connectivity index is 2.10. The molecule has 1 aliphatic heterocycles. The van der Waals surface area contributed by atoms with Gasteiger partial charge in [-0.1, -0.05) is 0 Å². The van der Waals surface area contributed by atoms with Crippen molar-refractivity contribution in [3.05, 3.63) is 0 Å². The fourth-order valence-corrected chi connectivity index (χ4v) is 1.60. The molecule has 1 aliphatic rings. The van der Waals surface area contributed by atoms with Crippen molar-refractivity contribution in [3.63, 3.8) is 0 Å². The van der Waals surface area contributed by atoms with Crippen molar-refractivity contribution < 1.29 is 14.2 Å². The molecular formula is C10H21NO3. The van der Waals surface area contributed by atoms with Gasteiger partial charge in [0.1, 0.15) is 0 Å². The number of nitrogens with one attached hydrogen (secondary N) is 1. The minimum atomic E-state index is 0.155. The molecule has 4 nitrogen and oxygen atoms in total. The maximum atomic E-state index is 5.28. The molecule has 1 saturated heterocycles. The summed E-state index contributed by atoms with van der Waals surface area (Å²) < 4.78 is 15.6. The fourth-order valence-electron chi connectivity index (χ4n) is 1.60. The van der Waals surface area contributed by atoms with E-state index in [2.05, 4.69) is 5.32 Å². The predicted molar refractivity (Wildman–Crippen MR) is 54.5 cm³/mol. The van der Waals surface area contributed by atoms with E-state index in [9.17, 15) is 0 Å². The second kappa shape index (κ2) is 7.17. The van der Waals surface area contributed by atoms with Gasteiger partial charge in [0.15, 0.2) is 0 Å². The van der Waals surface area contributed by atoms with E-state index in [4.69, 9.17) is 14.2 Å². The Hall–Kier alpha value is -0.160. The molecule has 0 spiro atoms. The van der Waals surface area contributed by atoms with Crippen LogP contribution in [-0.2, 0) is 14.2 Å². The van der Waals surface area contributed by atoms with E-state index in [1.54, 1.807) is 14.2 Å². The molecule has 14 heavy (non-hydrogen) atoms. The first-order chi connectivity index (χ1) is 6.86. The van der Waals surface area contributed by atoms with E-state index in [0.29, 0.717) is 12.6 Å². The number of hydrogen-bond acceptors (Lipinski definition) is 4. The monoisotopic (exact) mass is 203 g/mol. The molecule has 1 fully saturated rings. The maximum Gasteiger partial charge on any atom is 0.0928 e. The van der Waals surface area contributed by atoms with Gasteiger partial charge < -0.3 is 19.5 Å². The lowest BCUT2D eigenvalue weighted by atomic mass is 10.1. The fraction of sp³-hybridized carbons (Fsp3) is 1.00. The quantitative estimate of drug-likeness (QED) is 0.679. The molecule has 0 amide bonds. The topological polar surface area (TPSA) is 39.7 Å². The summed E-state index contributed by atoms with van der Waals surface area (Å²) in [4.78, 5) is 0. The number of hydrogen-bond donors (Lipinski definition) is 1. The molecule has 1 atom stereocenters. The number of rotatable bonds is 6. The average molecular weight is 203 g/mol. The Bertz CT molecular complexity index is 133. The SMILES string of the molecule is COCC(CNC1CCOCC1)OC. The van der Waals surface area contributed by atoms with Crippen molar-refractivity contribution in [2.75, 3.05) is 40.6 Å². The molecule has 0 radical (unpaired) electrons. The van der Waals surface area contributed by atoms with Crippen LogP contribution in [0, 0.1) is 0 Å². The van der Waals surface area contributed by atoms with E-state index >= 15 is 0 Å². The highest BCUT2D eigenvalue weighted by Gasteiger charge is 2.15. The molecule has 0 aromatic rings. The Morgan fingerprint density at radius 3 is 2.64 bits per heavy atom. The van der Waals surface area contributed by atoms with Crippen LogP contribution in [0.2, 0.25) is 0 Å². The first-order valence-electron chi connectivity index (χ1n) is 5.19. The average Bonchev–Trinajstić information content (AvgIpc) is 2.25. The second-order valence-electron chi connectivity index (χ2n) is 3.61. The van der Waals surface area contributed by atoms with Gasteiger partial charge in [-0.15, -0.1) is 0 Å². The Kier molecular flexibility index (Phi) is 6.10. The number of methoxy groups -OCH3 is 2. The Morgan fingerprint density at radius 1 is 1.36 bits per heavy atom. The summed E-state index contributed by atoms with van der Waals surface area (Å²) in [5.41, 5.74) is 0. The summed E-state index contributed by atoms with van der Waals surface area (Å²) in [5.74, 6) is 0. The molecule has 1 rings (SSSR count). The van der Waals surface area contributed by atoms with Gasteiger partial charge in [-0.25, -0.2) is 0 Å². The van der Waals surface area contributed by atoms with Crippen molar-refractivity contribution in [2.24, 2.45) is 0 Å². The zero-order valence-electron chi connectivity index (χ0n) is 9.12. The van der Waals surface area contributed by atoms with E-state index in [0.717, 1.165) is 32.6 Å². The lowest BCUT2D eigenvalue weighted by Crippen LogP contribution is -2.41. The van der Waals surface area contributed by atoms with Gasteiger partial charge in [0.25, 0.3) is 0 Å². The van der Waals surface area contributed by atoms with Gasteiger partial charge in [-0.05, 0) is 12.8 Å². The highest BCUT2D eigenvalue weighted by molar-refractivity contribution is 4.72. The molecule has 0 bridgehead atoms. The second-order valence-corrected chi connectivity index (χ2v) is 3.61. The molecule has 84 valence electrons. The van der Waals surface area contributed by atoms with E-state index in [-0.39, 0.29) is 6.10 Å². The largest absolute Gasteiger partial charge is 0.382 e. The summed E-state index contributed by atoms with van der Waals surface area (Å²) >= 11 is 0. The van der Waals surface area contributed by atoms with Crippen LogP contribution in [0.5, 0.6) is 0 Å². The van der Waals surface area contributed by atoms with Crippen molar-refractivity contribution in [2.45, 2.75) is 25.0 Å². The minimum absolute atomic E-state index is 0.155. The molecule has 0 aliphatic carbocycles. The standard InChI is InChI=1S/C10H21NO3/c1-12-8-10(13-2)7-11-9-3-5-14-6-4-9/h9-11H,3-8H2,1-2H3.